The fraction of sp³-hybridized carbons (Fsp3) is 0.611. The lowest BCUT2D eigenvalue weighted by Gasteiger charge is -2.35. The van der Waals surface area contributed by atoms with E-state index in [9.17, 15) is 4.79 Å². The van der Waals surface area contributed by atoms with Gasteiger partial charge in [0.25, 0.3) is 0 Å². The molecule has 2 rings (SSSR count). The first-order valence-electron chi connectivity index (χ1n) is 8.67. The first-order chi connectivity index (χ1) is 11.6. The number of nitrogens with two attached hydrogens (primary N) is 1. The summed E-state index contributed by atoms with van der Waals surface area (Å²) in [4.78, 5) is 16.4. The number of ether oxygens (including phenoxy) is 2. The van der Waals surface area contributed by atoms with Crippen molar-refractivity contribution in [3.8, 4) is 11.5 Å². The SMILES string of the molecule is CCCC(N)C(=O)N1CCN(CCOc2cccc(OC)c2)CC1.Cl. The largest absolute Gasteiger partial charge is 0.497 e. The number of amides is 1. The molecule has 0 radical (unpaired) electrons. The summed E-state index contributed by atoms with van der Waals surface area (Å²) in [5.74, 6) is 1.70. The van der Waals surface area contributed by atoms with Crippen molar-refractivity contribution in [1.29, 1.82) is 0 Å². The van der Waals surface area contributed by atoms with E-state index in [2.05, 4.69) is 4.90 Å². The lowest BCUT2D eigenvalue weighted by atomic mass is 10.1. The fourth-order valence-corrected chi connectivity index (χ4v) is 2.84. The molecule has 1 aliphatic heterocycles. The second-order valence-electron chi connectivity index (χ2n) is 6.09. The van der Waals surface area contributed by atoms with Gasteiger partial charge < -0.3 is 20.1 Å². The molecule has 1 aromatic rings. The highest BCUT2D eigenvalue weighted by Gasteiger charge is 2.24. The van der Waals surface area contributed by atoms with Crippen molar-refractivity contribution in [1.82, 2.24) is 9.80 Å². The molecule has 0 bridgehead atoms. The van der Waals surface area contributed by atoms with Crippen molar-refractivity contribution in [2.75, 3.05) is 46.4 Å². The molecule has 0 aliphatic carbocycles. The normalized spacial score (nSPS) is 16.0. The third kappa shape index (κ3) is 6.72. The third-order valence-electron chi connectivity index (χ3n) is 4.32. The summed E-state index contributed by atoms with van der Waals surface area (Å²) in [7, 11) is 1.65. The predicted octanol–water partition coefficient (Wildman–Crippen LogP) is 1.77. The van der Waals surface area contributed by atoms with Gasteiger partial charge in [-0.05, 0) is 18.6 Å². The minimum atomic E-state index is -0.349. The van der Waals surface area contributed by atoms with Crippen molar-refractivity contribution >= 4 is 18.3 Å². The number of benzene rings is 1. The van der Waals surface area contributed by atoms with E-state index in [1.807, 2.05) is 36.1 Å². The lowest BCUT2D eigenvalue weighted by Crippen LogP contribution is -2.53. The smallest absolute Gasteiger partial charge is 0.239 e. The van der Waals surface area contributed by atoms with Crippen molar-refractivity contribution in [2.45, 2.75) is 25.8 Å². The molecule has 1 fully saturated rings. The highest BCUT2D eigenvalue weighted by atomic mass is 35.5. The summed E-state index contributed by atoms with van der Waals surface area (Å²) in [5.41, 5.74) is 5.93. The topological polar surface area (TPSA) is 68.0 Å². The van der Waals surface area contributed by atoms with Crippen LogP contribution in [-0.4, -0.2) is 68.2 Å². The quantitative estimate of drug-likeness (QED) is 0.754. The Morgan fingerprint density at radius 2 is 1.92 bits per heavy atom. The summed E-state index contributed by atoms with van der Waals surface area (Å²) < 4.78 is 11.0. The van der Waals surface area contributed by atoms with Gasteiger partial charge in [-0.1, -0.05) is 19.4 Å². The second kappa shape index (κ2) is 11.2. The Morgan fingerprint density at radius 3 is 2.56 bits per heavy atom. The molecule has 0 spiro atoms. The number of methoxy groups -OCH3 is 1. The molecule has 7 heteroatoms. The Labute approximate surface area is 156 Å². The molecule has 0 aromatic heterocycles. The van der Waals surface area contributed by atoms with E-state index in [4.69, 9.17) is 15.2 Å². The first kappa shape index (κ1) is 21.5. The second-order valence-corrected chi connectivity index (χ2v) is 6.09. The summed E-state index contributed by atoms with van der Waals surface area (Å²) >= 11 is 0. The Balaban J connectivity index is 0.00000312. The molecule has 1 atom stereocenters. The Hall–Kier alpha value is -1.50. The number of hydrogen-bond acceptors (Lipinski definition) is 5. The summed E-state index contributed by atoms with van der Waals surface area (Å²) in [6, 6.07) is 7.27. The zero-order valence-electron chi connectivity index (χ0n) is 15.1. The van der Waals surface area contributed by atoms with Gasteiger partial charge in [-0.25, -0.2) is 0 Å². The number of halogens is 1. The fourth-order valence-electron chi connectivity index (χ4n) is 2.84. The van der Waals surface area contributed by atoms with E-state index < -0.39 is 0 Å². The Morgan fingerprint density at radius 1 is 1.24 bits per heavy atom. The van der Waals surface area contributed by atoms with Crippen LogP contribution >= 0.6 is 12.4 Å². The molecule has 1 heterocycles. The van der Waals surface area contributed by atoms with Gasteiger partial charge in [0, 0.05) is 38.8 Å². The van der Waals surface area contributed by atoms with Gasteiger partial charge in [0.05, 0.1) is 13.2 Å². The monoisotopic (exact) mass is 371 g/mol. The molecular formula is C18H30ClN3O3. The van der Waals surface area contributed by atoms with Gasteiger partial charge in [0.2, 0.25) is 5.91 Å². The standard InChI is InChI=1S/C18H29N3O3.ClH/c1-3-5-17(19)18(22)21-10-8-20(9-11-21)12-13-24-16-7-4-6-15(14-16)23-2;/h4,6-7,14,17H,3,5,8-13,19H2,1-2H3;1H. The van der Waals surface area contributed by atoms with Gasteiger partial charge in [-0.2, -0.15) is 0 Å². The van der Waals surface area contributed by atoms with E-state index >= 15 is 0 Å². The van der Waals surface area contributed by atoms with Gasteiger partial charge in [0.15, 0.2) is 0 Å². The number of carbonyl (C=O) groups excluding carboxylic acids is 1. The van der Waals surface area contributed by atoms with E-state index in [-0.39, 0.29) is 24.4 Å². The zero-order valence-corrected chi connectivity index (χ0v) is 16.0. The molecule has 0 saturated carbocycles. The van der Waals surface area contributed by atoms with E-state index in [1.54, 1.807) is 7.11 Å². The van der Waals surface area contributed by atoms with Gasteiger partial charge in [-0.3, -0.25) is 9.69 Å². The Bertz CT molecular complexity index is 522. The maximum atomic E-state index is 12.2. The maximum Gasteiger partial charge on any atom is 0.239 e. The van der Waals surface area contributed by atoms with Crippen LogP contribution in [0, 0.1) is 0 Å². The molecule has 1 aliphatic rings. The highest BCUT2D eigenvalue weighted by molar-refractivity contribution is 5.85. The van der Waals surface area contributed by atoms with Crippen molar-refractivity contribution in [3.05, 3.63) is 24.3 Å². The third-order valence-corrected chi connectivity index (χ3v) is 4.32. The van der Waals surface area contributed by atoms with Crippen LogP contribution in [0.25, 0.3) is 0 Å². The number of nitrogens with zero attached hydrogens (tertiary/aromatic N) is 2. The molecule has 2 N–H and O–H groups in total. The van der Waals surface area contributed by atoms with Crippen molar-refractivity contribution < 1.29 is 14.3 Å². The number of piperazine rings is 1. The average molecular weight is 372 g/mol. The maximum absolute atomic E-state index is 12.2. The summed E-state index contributed by atoms with van der Waals surface area (Å²) in [6.07, 6.45) is 1.70. The van der Waals surface area contributed by atoms with Crippen LogP contribution in [0.1, 0.15) is 19.8 Å². The van der Waals surface area contributed by atoms with Gasteiger partial charge in [-0.15, -0.1) is 12.4 Å². The minimum Gasteiger partial charge on any atom is -0.497 e. The lowest BCUT2D eigenvalue weighted by molar-refractivity contribution is -0.134. The molecule has 1 amide bonds. The van der Waals surface area contributed by atoms with Crippen molar-refractivity contribution in [2.24, 2.45) is 5.73 Å². The molecule has 1 unspecified atom stereocenters. The summed E-state index contributed by atoms with van der Waals surface area (Å²) in [5, 5.41) is 0. The number of rotatable bonds is 8. The highest BCUT2D eigenvalue weighted by Crippen LogP contribution is 2.18. The van der Waals surface area contributed by atoms with Gasteiger partial charge in [0.1, 0.15) is 18.1 Å². The van der Waals surface area contributed by atoms with E-state index in [0.29, 0.717) is 6.61 Å². The molecular weight excluding hydrogens is 342 g/mol. The van der Waals surface area contributed by atoms with E-state index in [0.717, 1.165) is 57.1 Å². The molecule has 1 saturated heterocycles. The van der Waals surface area contributed by atoms with Crippen LogP contribution in [0.2, 0.25) is 0 Å². The van der Waals surface area contributed by atoms with Crippen molar-refractivity contribution in [3.63, 3.8) is 0 Å². The van der Waals surface area contributed by atoms with E-state index in [1.165, 1.54) is 0 Å². The molecule has 6 nitrogen and oxygen atoms in total. The van der Waals surface area contributed by atoms with Crippen LogP contribution in [0.4, 0.5) is 0 Å². The minimum absolute atomic E-state index is 0. The van der Waals surface area contributed by atoms with Crippen LogP contribution in [0.3, 0.4) is 0 Å². The first-order valence-corrected chi connectivity index (χ1v) is 8.67. The van der Waals surface area contributed by atoms with Crippen LogP contribution in [-0.2, 0) is 4.79 Å². The Kier molecular flexibility index (Phi) is 9.63. The molecule has 1 aromatic carbocycles. The summed E-state index contributed by atoms with van der Waals surface area (Å²) in [6.45, 7) is 6.74. The predicted molar refractivity (Wildman–Crippen MR) is 102 cm³/mol. The zero-order chi connectivity index (χ0) is 17.4. The number of hydrogen-bond donors (Lipinski definition) is 1. The van der Waals surface area contributed by atoms with Crippen LogP contribution in [0.15, 0.2) is 24.3 Å². The number of carbonyl (C=O) groups is 1. The average Bonchev–Trinajstić information content (AvgIpc) is 2.62. The van der Waals surface area contributed by atoms with Crippen LogP contribution < -0.4 is 15.2 Å². The molecule has 25 heavy (non-hydrogen) atoms. The molecule has 142 valence electrons. The van der Waals surface area contributed by atoms with Crippen LogP contribution in [0.5, 0.6) is 11.5 Å². The van der Waals surface area contributed by atoms with Gasteiger partial charge >= 0.3 is 0 Å².